The molecule has 0 spiro atoms. The molecule has 8 nitrogen and oxygen atoms in total. The smallest absolute Gasteiger partial charge is 0.335 e. The first-order valence-electron chi connectivity index (χ1n) is 8.79. The Kier molecular flexibility index (Phi) is 5.87. The van der Waals surface area contributed by atoms with Crippen LogP contribution in [0.4, 0.5) is 15.6 Å². The molecule has 4 aromatic rings. The standard InChI is InChI=1S/C20H15N5O3S2/c26-17(27)13-5-3-6-14(10-13)22-18(28)23-19-24-25-20(30-19)29-11-15-9-8-12-4-1-2-7-16(12)21-15/h1-10H,11H2,(H,26,27)(H2,22,23,24,28). The summed E-state index contributed by atoms with van der Waals surface area (Å²) in [6.07, 6.45) is 0. The van der Waals surface area contributed by atoms with E-state index in [1.165, 1.54) is 35.2 Å². The van der Waals surface area contributed by atoms with Crippen molar-refractivity contribution in [2.75, 3.05) is 10.6 Å². The molecule has 0 unspecified atom stereocenters. The van der Waals surface area contributed by atoms with Crippen LogP contribution in [0.25, 0.3) is 10.9 Å². The predicted molar refractivity (Wildman–Crippen MR) is 117 cm³/mol. The predicted octanol–water partition coefficient (Wildman–Crippen LogP) is 4.72. The van der Waals surface area contributed by atoms with Gasteiger partial charge in [-0.3, -0.25) is 10.3 Å². The maximum Gasteiger partial charge on any atom is 0.335 e. The number of carboxylic acid groups (broad SMARTS) is 1. The highest BCUT2D eigenvalue weighted by Crippen LogP contribution is 2.28. The van der Waals surface area contributed by atoms with Gasteiger partial charge in [-0.25, -0.2) is 9.59 Å². The third-order valence-corrected chi connectivity index (χ3v) is 6.00. The summed E-state index contributed by atoms with van der Waals surface area (Å²) in [5.74, 6) is -0.432. The van der Waals surface area contributed by atoms with Gasteiger partial charge in [0.05, 0.1) is 16.8 Å². The minimum absolute atomic E-state index is 0.0877. The lowest BCUT2D eigenvalue weighted by atomic mass is 10.2. The molecule has 3 N–H and O–H groups in total. The molecular formula is C20H15N5O3S2. The van der Waals surface area contributed by atoms with Gasteiger partial charge in [0.2, 0.25) is 5.13 Å². The van der Waals surface area contributed by atoms with E-state index in [9.17, 15) is 9.59 Å². The maximum absolute atomic E-state index is 12.1. The monoisotopic (exact) mass is 437 g/mol. The molecule has 2 heterocycles. The summed E-state index contributed by atoms with van der Waals surface area (Å²) >= 11 is 2.73. The van der Waals surface area contributed by atoms with Crippen LogP contribution in [0, 0.1) is 0 Å². The topological polar surface area (TPSA) is 117 Å². The average Bonchev–Trinajstić information content (AvgIpc) is 3.19. The Bertz CT molecular complexity index is 1230. The van der Waals surface area contributed by atoms with Gasteiger partial charge in [0, 0.05) is 16.8 Å². The van der Waals surface area contributed by atoms with Crippen molar-refractivity contribution < 1.29 is 14.7 Å². The van der Waals surface area contributed by atoms with Crippen LogP contribution in [-0.4, -0.2) is 32.3 Å². The van der Waals surface area contributed by atoms with E-state index in [2.05, 4.69) is 25.8 Å². The quantitative estimate of drug-likeness (QED) is 0.295. The van der Waals surface area contributed by atoms with Crippen LogP contribution in [0.5, 0.6) is 0 Å². The fourth-order valence-electron chi connectivity index (χ4n) is 2.63. The number of rotatable bonds is 6. The van der Waals surface area contributed by atoms with Crippen LogP contribution in [0.1, 0.15) is 16.1 Å². The van der Waals surface area contributed by atoms with E-state index in [0.29, 0.717) is 20.9 Å². The molecule has 0 aliphatic heterocycles. The van der Waals surface area contributed by atoms with Crippen molar-refractivity contribution in [1.82, 2.24) is 15.2 Å². The summed E-state index contributed by atoms with van der Waals surface area (Å²) in [6, 6.07) is 17.4. The minimum atomic E-state index is -1.06. The Hall–Kier alpha value is -3.50. The van der Waals surface area contributed by atoms with Crippen LogP contribution in [-0.2, 0) is 5.75 Å². The lowest BCUT2D eigenvalue weighted by Crippen LogP contribution is -2.19. The van der Waals surface area contributed by atoms with Crippen LogP contribution in [0.15, 0.2) is 65.0 Å². The van der Waals surface area contributed by atoms with E-state index >= 15 is 0 Å². The van der Waals surface area contributed by atoms with Gasteiger partial charge in [-0.2, -0.15) is 0 Å². The molecule has 4 rings (SSSR count). The van der Waals surface area contributed by atoms with Crippen LogP contribution in [0.2, 0.25) is 0 Å². The highest BCUT2D eigenvalue weighted by atomic mass is 32.2. The van der Waals surface area contributed by atoms with E-state index < -0.39 is 12.0 Å². The third-order valence-electron chi connectivity index (χ3n) is 3.99. The Morgan fingerprint density at radius 2 is 1.87 bits per heavy atom. The molecule has 0 fully saturated rings. The summed E-state index contributed by atoms with van der Waals surface area (Å²) in [4.78, 5) is 27.8. The van der Waals surface area contributed by atoms with Crippen LogP contribution >= 0.6 is 23.1 Å². The minimum Gasteiger partial charge on any atom is -0.478 e. The fraction of sp³-hybridized carbons (Fsp3) is 0.0500. The summed E-state index contributed by atoms with van der Waals surface area (Å²) in [6.45, 7) is 0. The number of nitrogens with zero attached hydrogens (tertiary/aromatic N) is 3. The van der Waals surface area contributed by atoms with Gasteiger partial charge in [-0.1, -0.05) is 53.4 Å². The Labute approximate surface area is 179 Å². The zero-order valence-corrected chi connectivity index (χ0v) is 17.0. The van der Waals surface area contributed by atoms with Crippen molar-refractivity contribution in [3.8, 4) is 0 Å². The van der Waals surface area contributed by atoms with Crippen LogP contribution in [0.3, 0.4) is 0 Å². The number of hydrogen-bond acceptors (Lipinski definition) is 7. The molecule has 0 atom stereocenters. The normalized spacial score (nSPS) is 10.7. The first kappa shape index (κ1) is 19.8. The summed E-state index contributed by atoms with van der Waals surface area (Å²) < 4.78 is 0.702. The maximum atomic E-state index is 12.1. The number of urea groups is 1. The largest absolute Gasteiger partial charge is 0.478 e. The van der Waals surface area contributed by atoms with E-state index in [1.54, 1.807) is 12.1 Å². The van der Waals surface area contributed by atoms with Crippen molar-refractivity contribution in [3.05, 3.63) is 71.9 Å². The number of pyridine rings is 1. The number of benzene rings is 2. The zero-order chi connectivity index (χ0) is 20.9. The van der Waals surface area contributed by atoms with Gasteiger partial charge in [0.15, 0.2) is 4.34 Å². The summed E-state index contributed by atoms with van der Waals surface area (Å²) in [7, 11) is 0. The number of thioether (sulfide) groups is 1. The second-order valence-corrected chi connectivity index (χ2v) is 8.32. The second kappa shape index (κ2) is 8.89. The van der Waals surface area contributed by atoms with Crippen LogP contribution < -0.4 is 10.6 Å². The molecular weight excluding hydrogens is 422 g/mol. The van der Waals surface area contributed by atoms with E-state index in [4.69, 9.17) is 5.11 Å². The number of nitrogens with one attached hydrogen (secondary N) is 2. The number of carboxylic acids is 1. The molecule has 10 heteroatoms. The average molecular weight is 438 g/mol. The van der Waals surface area contributed by atoms with Crippen molar-refractivity contribution in [2.24, 2.45) is 0 Å². The fourth-order valence-corrected chi connectivity index (χ4v) is 4.28. The van der Waals surface area contributed by atoms with Gasteiger partial charge in [-0.05, 0) is 30.3 Å². The number of aromatic nitrogens is 3. The van der Waals surface area contributed by atoms with Gasteiger partial charge < -0.3 is 10.4 Å². The molecule has 30 heavy (non-hydrogen) atoms. The Balaban J connectivity index is 1.33. The molecule has 0 saturated carbocycles. The number of aromatic carboxylic acids is 1. The number of hydrogen-bond donors (Lipinski definition) is 3. The first-order chi connectivity index (χ1) is 14.6. The lowest BCUT2D eigenvalue weighted by Gasteiger charge is -2.05. The number of fused-ring (bicyclic) bond motifs is 1. The van der Waals surface area contributed by atoms with Gasteiger partial charge in [-0.15, -0.1) is 10.2 Å². The highest BCUT2D eigenvalue weighted by molar-refractivity contribution is 8.00. The second-order valence-electron chi connectivity index (χ2n) is 6.12. The molecule has 2 aromatic carbocycles. The molecule has 0 aliphatic carbocycles. The molecule has 0 aliphatic rings. The summed E-state index contributed by atoms with van der Waals surface area (Å²) in [5.41, 5.74) is 2.33. The van der Waals surface area contributed by atoms with Gasteiger partial charge in [0.1, 0.15) is 0 Å². The number of anilines is 2. The zero-order valence-electron chi connectivity index (χ0n) is 15.4. The van der Waals surface area contributed by atoms with Gasteiger partial charge in [0.25, 0.3) is 0 Å². The number of para-hydroxylation sites is 1. The molecule has 0 radical (unpaired) electrons. The van der Waals surface area contributed by atoms with Crippen molar-refractivity contribution in [1.29, 1.82) is 0 Å². The van der Waals surface area contributed by atoms with Crippen molar-refractivity contribution >= 4 is 56.8 Å². The number of carbonyl (C=O) groups excluding carboxylic acids is 1. The third kappa shape index (κ3) is 4.91. The molecule has 150 valence electrons. The van der Waals surface area contributed by atoms with E-state index in [1.807, 2.05) is 36.4 Å². The van der Waals surface area contributed by atoms with Crippen molar-refractivity contribution in [2.45, 2.75) is 10.1 Å². The summed E-state index contributed by atoms with van der Waals surface area (Å²) in [5, 5.41) is 23.7. The highest BCUT2D eigenvalue weighted by Gasteiger charge is 2.11. The van der Waals surface area contributed by atoms with E-state index in [0.717, 1.165) is 16.6 Å². The molecule has 0 saturated heterocycles. The molecule has 2 amide bonds. The van der Waals surface area contributed by atoms with Crippen molar-refractivity contribution in [3.63, 3.8) is 0 Å². The first-order valence-corrected chi connectivity index (χ1v) is 10.6. The molecule has 0 bridgehead atoms. The van der Waals surface area contributed by atoms with E-state index in [-0.39, 0.29) is 5.56 Å². The number of carbonyl (C=O) groups is 2. The lowest BCUT2D eigenvalue weighted by molar-refractivity contribution is 0.0697. The SMILES string of the molecule is O=C(Nc1cccc(C(=O)O)c1)Nc1nnc(SCc2ccc3ccccc3n2)s1. The number of amides is 2. The van der Waals surface area contributed by atoms with Gasteiger partial charge >= 0.3 is 12.0 Å². The Morgan fingerprint density at radius 3 is 2.73 bits per heavy atom. The Morgan fingerprint density at radius 1 is 1.00 bits per heavy atom. The molecule has 2 aromatic heterocycles.